The fraction of sp³-hybridized carbons (Fsp3) is 0.308. The Kier molecular flexibility index (Phi) is 3.33. The summed E-state index contributed by atoms with van der Waals surface area (Å²) in [6, 6.07) is 4.19. The smallest absolute Gasteiger partial charge is 0.182 e. The van der Waals surface area contributed by atoms with Crippen LogP contribution in [-0.2, 0) is 0 Å². The van der Waals surface area contributed by atoms with E-state index >= 15 is 0 Å². The number of ether oxygens (including phenoxy) is 1. The Morgan fingerprint density at radius 3 is 2.59 bits per heavy atom. The summed E-state index contributed by atoms with van der Waals surface area (Å²) in [4.78, 5) is 4.52. The van der Waals surface area contributed by atoms with Gasteiger partial charge in [-0.1, -0.05) is 0 Å². The van der Waals surface area contributed by atoms with Crippen molar-refractivity contribution >= 4 is 16.5 Å². The summed E-state index contributed by atoms with van der Waals surface area (Å²) in [6.07, 6.45) is 0. The van der Waals surface area contributed by atoms with Gasteiger partial charge in [0, 0.05) is 18.0 Å². The van der Waals surface area contributed by atoms with Crippen LogP contribution in [0.1, 0.15) is 11.1 Å². The van der Waals surface area contributed by atoms with Crippen LogP contribution in [0.4, 0.5) is 5.13 Å². The van der Waals surface area contributed by atoms with Crippen LogP contribution in [0.5, 0.6) is 5.75 Å². The maximum absolute atomic E-state index is 5.31. The van der Waals surface area contributed by atoms with E-state index in [1.54, 1.807) is 18.4 Å². The molecule has 0 amide bonds. The molecular formula is C13H16N2OS. The summed E-state index contributed by atoms with van der Waals surface area (Å²) >= 11 is 1.62. The molecule has 0 spiro atoms. The van der Waals surface area contributed by atoms with Crippen molar-refractivity contribution in [1.29, 1.82) is 0 Å². The number of hydrogen-bond donors (Lipinski definition) is 1. The van der Waals surface area contributed by atoms with Crippen LogP contribution in [0.3, 0.4) is 0 Å². The highest BCUT2D eigenvalue weighted by Crippen LogP contribution is 2.31. The van der Waals surface area contributed by atoms with Gasteiger partial charge < -0.3 is 10.1 Å². The Balaban J connectivity index is 2.48. The number of nitrogens with zero attached hydrogens (tertiary/aromatic N) is 1. The summed E-state index contributed by atoms with van der Waals surface area (Å²) in [7, 11) is 3.58. The van der Waals surface area contributed by atoms with E-state index < -0.39 is 0 Å². The molecule has 1 N–H and O–H groups in total. The molecule has 0 atom stereocenters. The first kappa shape index (κ1) is 11.9. The normalized spacial score (nSPS) is 10.4. The van der Waals surface area contributed by atoms with Crippen LogP contribution in [0, 0.1) is 13.8 Å². The van der Waals surface area contributed by atoms with Crippen LogP contribution in [0.25, 0.3) is 11.3 Å². The van der Waals surface area contributed by atoms with Crippen molar-refractivity contribution in [2.45, 2.75) is 13.8 Å². The molecule has 0 saturated heterocycles. The van der Waals surface area contributed by atoms with E-state index in [1.807, 2.05) is 14.0 Å². The predicted molar refractivity (Wildman–Crippen MR) is 73.1 cm³/mol. The zero-order valence-electron chi connectivity index (χ0n) is 10.5. The molecule has 0 bridgehead atoms. The first-order valence-corrected chi connectivity index (χ1v) is 6.32. The average Bonchev–Trinajstić information content (AvgIpc) is 2.80. The molecular weight excluding hydrogens is 232 g/mol. The van der Waals surface area contributed by atoms with E-state index in [2.05, 4.69) is 34.7 Å². The molecule has 2 rings (SSSR count). The molecule has 0 aliphatic carbocycles. The molecule has 3 nitrogen and oxygen atoms in total. The number of aromatic nitrogens is 1. The molecule has 0 radical (unpaired) electrons. The van der Waals surface area contributed by atoms with E-state index in [9.17, 15) is 0 Å². The van der Waals surface area contributed by atoms with Crippen LogP contribution < -0.4 is 10.1 Å². The molecule has 4 heteroatoms. The minimum atomic E-state index is 0.926. The Bertz CT molecular complexity index is 534. The molecule has 1 heterocycles. The minimum Gasteiger partial charge on any atom is -0.496 e. The third-order valence-corrected chi connectivity index (χ3v) is 3.60. The van der Waals surface area contributed by atoms with Gasteiger partial charge in [-0.3, -0.25) is 0 Å². The van der Waals surface area contributed by atoms with Crippen LogP contribution >= 0.6 is 11.3 Å². The molecule has 2 aromatic rings. The quantitative estimate of drug-likeness (QED) is 0.903. The van der Waals surface area contributed by atoms with Crippen molar-refractivity contribution in [2.24, 2.45) is 0 Å². The van der Waals surface area contributed by atoms with Gasteiger partial charge in [0.15, 0.2) is 5.13 Å². The van der Waals surface area contributed by atoms with Gasteiger partial charge in [-0.25, -0.2) is 4.98 Å². The lowest BCUT2D eigenvalue weighted by Gasteiger charge is -2.09. The van der Waals surface area contributed by atoms with Gasteiger partial charge in [0.25, 0.3) is 0 Å². The molecule has 17 heavy (non-hydrogen) atoms. The lowest BCUT2D eigenvalue weighted by atomic mass is 10.0. The second-order valence-corrected chi connectivity index (χ2v) is 4.78. The fourth-order valence-electron chi connectivity index (χ4n) is 1.80. The van der Waals surface area contributed by atoms with Gasteiger partial charge in [0.2, 0.25) is 0 Å². The molecule has 0 aliphatic heterocycles. The third kappa shape index (κ3) is 2.26. The summed E-state index contributed by atoms with van der Waals surface area (Å²) in [5.41, 5.74) is 4.50. The molecule has 1 aromatic carbocycles. The predicted octanol–water partition coefficient (Wildman–Crippen LogP) is 3.48. The number of methoxy groups -OCH3 is 1. The van der Waals surface area contributed by atoms with E-state index in [0.717, 1.165) is 22.1 Å². The van der Waals surface area contributed by atoms with Crippen LogP contribution in [-0.4, -0.2) is 19.1 Å². The van der Waals surface area contributed by atoms with Crippen molar-refractivity contribution < 1.29 is 4.74 Å². The Morgan fingerprint density at radius 2 is 2.00 bits per heavy atom. The second kappa shape index (κ2) is 4.75. The molecule has 0 saturated carbocycles. The summed E-state index contributed by atoms with van der Waals surface area (Å²) in [5.74, 6) is 0.926. The van der Waals surface area contributed by atoms with E-state index in [4.69, 9.17) is 4.74 Å². The Morgan fingerprint density at radius 1 is 1.24 bits per heavy atom. The Hall–Kier alpha value is -1.55. The summed E-state index contributed by atoms with van der Waals surface area (Å²) in [6.45, 7) is 4.13. The highest BCUT2D eigenvalue weighted by Gasteiger charge is 2.09. The topological polar surface area (TPSA) is 34.2 Å². The molecule has 1 aromatic heterocycles. The SMILES string of the molecule is CNc1nc(-c2cc(C)c(OC)cc2C)cs1. The van der Waals surface area contributed by atoms with Crippen molar-refractivity contribution in [1.82, 2.24) is 4.98 Å². The maximum atomic E-state index is 5.31. The number of aryl methyl sites for hydroxylation is 2. The van der Waals surface area contributed by atoms with Crippen molar-refractivity contribution in [3.63, 3.8) is 0 Å². The van der Waals surface area contributed by atoms with E-state index in [-0.39, 0.29) is 0 Å². The number of nitrogens with one attached hydrogen (secondary N) is 1. The number of thiazole rings is 1. The first-order valence-electron chi connectivity index (χ1n) is 5.44. The summed E-state index contributed by atoms with van der Waals surface area (Å²) in [5, 5.41) is 6.06. The van der Waals surface area contributed by atoms with Gasteiger partial charge in [0.05, 0.1) is 12.8 Å². The van der Waals surface area contributed by atoms with E-state index in [1.165, 1.54) is 11.1 Å². The number of anilines is 1. The van der Waals surface area contributed by atoms with Gasteiger partial charge in [-0.15, -0.1) is 11.3 Å². The van der Waals surface area contributed by atoms with Crippen molar-refractivity contribution in [3.05, 3.63) is 28.6 Å². The Labute approximate surface area is 105 Å². The number of hydrogen-bond acceptors (Lipinski definition) is 4. The zero-order valence-corrected chi connectivity index (χ0v) is 11.3. The fourth-order valence-corrected chi connectivity index (χ4v) is 2.47. The first-order chi connectivity index (χ1) is 8.15. The van der Waals surface area contributed by atoms with Crippen molar-refractivity contribution in [3.8, 4) is 17.0 Å². The van der Waals surface area contributed by atoms with Gasteiger partial charge in [0.1, 0.15) is 5.75 Å². The maximum Gasteiger partial charge on any atom is 0.182 e. The monoisotopic (exact) mass is 248 g/mol. The lowest BCUT2D eigenvalue weighted by Crippen LogP contribution is -1.92. The van der Waals surface area contributed by atoms with Crippen LogP contribution in [0.2, 0.25) is 0 Å². The highest BCUT2D eigenvalue weighted by molar-refractivity contribution is 7.14. The standard InChI is InChI=1S/C13H16N2OS/c1-8-6-12(16-4)9(2)5-10(8)11-7-17-13(14-3)15-11/h5-7H,1-4H3,(H,14,15). The summed E-state index contributed by atoms with van der Waals surface area (Å²) < 4.78 is 5.31. The average molecular weight is 248 g/mol. The number of rotatable bonds is 3. The van der Waals surface area contributed by atoms with Gasteiger partial charge in [-0.05, 0) is 37.1 Å². The van der Waals surface area contributed by atoms with Crippen molar-refractivity contribution in [2.75, 3.05) is 19.5 Å². The second-order valence-electron chi connectivity index (χ2n) is 3.92. The molecule has 90 valence electrons. The highest BCUT2D eigenvalue weighted by atomic mass is 32.1. The molecule has 0 aliphatic rings. The molecule has 0 unspecified atom stereocenters. The van der Waals surface area contributed by atoms with Gasteiger partial charge >= 0.3 is 0 Å². The largest absolute Gasteiger partial charge is 0.496 e. The number of benzene rings is 1. The zero-order chi connectivity index (χ0) is 12.4. The molecule has 0 fully saturated rings. The lowest BCUT2D eigenvalue weighted by molar-refractivity contribution is 0.411. The van der Waals surface area contributed by atoms with Gasteiger partial charge in [-0.2, -0.15) is 0 Å². The van der Waals surface area contributed by atoms with E-state index in [0.29, 0.717) is 0 Å². The minimum absolute atomic E-state index is 0.926. The third-order valence-electron chi connectivity index (χ3n) is 2.74. The van der Waals surface area contributed by atoms with Crippen LogP contribution in [0.15, 0.2) is 17.5 Å².